The number of carbonyl (C=O) groups is 1. The van der Waals surface area contributed by atoms with E-state index >= 15 is 0 Å². The number of methoxy groups -OCH3 is 2. The minimum absolute atomic E-state index is 0.00330. The number of nitrogens with zero attached hydrogens (tertiary/aromatic N) is 2. The maximum Gasteiger partial charge on any atom is 0.303 e. The summed E-state index contributed by atoms with van der Waals surface area (Å²) < 4.78 is 40.1. The lowest BCUT2D eigenvalue weighted by Crippen LogP contribution is -2.43. The Kier molecular flexibility index (Phi) is 11.1. The van der Waals surface area contributed by atoms with E-state index in [0.29, 0.717) is 40.9 Å². The molecule has 4 atom stereocenters. The van der Waals surface area contributed by atoms with Crippen molar-refractivity contribution in [3.05, 3.63) is 46.0 Å². The Morgan fingerprint density at radius 3 is 2.38 bits per heavy atom. The van der Waals surface area contributed by atoms with Crippen molar-refractivity contribution in [3.8, 4) is 40.6 Å². The van der Waals surface area contributed by atoms with E-state index in [0.717, 1.165) is 0 Å². The van der Waals surface area contributed by atoms with E-state index in [4.69, 9.17) is 33.2 Å². The first kappa shape index (κ1) is 32.1. The molecule has 0 bridgehead atoms. The van der Waals surface area contributed by atoms with Crippen LogP contribution in [0.3, 0.4) is 0 Å². The zero-order valence-electron chi connectivity index (χ0n) is 24.8. The van der Waals surface area contributed by atoms with E-state index in [2.05, 4.69) is 6.07 Å². The minimum atomic E-state index is -1.31. The fourth-order valence-electron chi connectivity index (χ4n) is 4.99. The molecule has 12 nitrogen and oxygen atoms in total. The number of esters is 1. The molecule has 4 unspecified atom stereocenters. The summed E-state index contributed by atoms with van der Waals surface area (Å²) in [5.74, 6) is 1.59. The number of nitro groups is 1. The number of para-hydroxylation sites is 2. The third-order valence-corrected chi connectivity index (χ3v) is 7.01. The van der Waals surface area contributed by atoms with Crippen molar-refractivity contribution < 1.29 is 42.9 Å². The maximum atomic E-state index is 12.3. The highest BCUT2D eigenvalue weighted by molar-refractivity contribution is 5.66. The SMILES string of the molecule is CCOc1cc(C(C)(C#N)CCC(OC(C)=O)C(CC2COc3ccccc3O2)[N+](=O)[O-])c(OCC)c(OC)c1OC. The van der Waals surface area contributed by atoms with Crippen LogP contribution in [-0.2, 0) is 14.9 Å². The molecule has 0 aromatic heterocycles. The number of fused-ring (bicyclic) bond motifs is 1. The van der Waals surface area contributed by atoms with Crippen LogP contribution < -0.4 is 28.4 Å². The van der Waals surface area contributed by atoms with Gasteiger partial charge in [-0.25, -0.2) is 0 Å². The van der Waals surface area contributed by atoms with Gasteiger partial charge in [-0.05, 0) is 51.8 Å². The van der Waals surface area contributed by atoms with Gasteiger partial charge in [0, 0.05) is 17.4 Å². The molecular formula is C30H38N2O10. The molecular weight excluding hydrogens is 548 g/mol. The Balaban J connectivity index is 1.95. The Morgan fingerprint density at radius 1 is 1.14 bits per heavy atom. The van der Waals surface area contributed by atoms with Crippen LogP contribution in [-0.4, -0.2) is 63.2 Å². The molecule has 0 spiro atoms. The summed E-state index contributed by atoms with van der Waals surface area (Å²) in [6.45, 7) is 7.19. The van der Waals surface area contributed by atoms with Crippen molar-refractivity contribution in [2.24, 2.45) is 0 Å². The van der Waals surface area contributed by atoms with Gasteiger partial charge < -0.3 is 33.2 Å². The lowest BCUT2D eigenvalue weighted by Gasteiger charge is -2.31. The van der Waals surface area contributed by atoms with Crippen LogP contribution in [0.4, 0.5) is 0 Å². The van der Waals surface area contributed by atoms with Crippen LogP contribution in [0.1, 0.15) is 52.5 Å². The molecule has 2 aromatic carbocycles. The van der Waals surface area contributed by atoms with Crippen LogP contribution in [0.25, 0.3) is 0 Å². The molecule has 3 rings (SSSR count). The topological polar surface area (TPSA) is 149 Å². The maximum absolute atomic E-state index is 12.3. The molecule has 1 heterocycles. The van der Waals surface area contributed by atoms with Crippen molar-refractivity contribution in [3.63, 3.8) is 0 Å². The molecule has 12 heteroatoms. The van der Waals surface area contributed by atoms with Crippen molar-refractivity contribution in [1.29, 1.82) is 5.26 Å². The monoisotopic (exact) mass is 586 g/mol. The lowest BCUT2D eigenvalue weighted by molar-refractivity contribution is -0.536. The van der Waals surface area contributed by atoms with Gasteiger partial charge in [-0.2, -0.15) is 5.26 Å². The number of hydrogen-bond donors (Lipinski definition) is 0. The van der Waals surface area contributed by atoms with Gasteiger partial charge >= 0.3 is 5.97 Å². The molecule has 1 aliphatic heterocycles. The van der Waals surface area contributed by atoms with Gasteiger partial charge in [-0.1, -0.05) is 12.1 Å². The second-order valence-corrected chi connectivity index (χ2v) is 9.90. The van der Waals surface area contributed by atoms with Crippen molar-refractivity contribution in [1.82, 2.24) is 0 Å². The molecule has 42 heavy (non-hydrogen) atoms. The molecule has 0 N–H and O–H groups in total. The van der Waals surface area contributed by atoms with Gasteiger partial charge in [0.25, 0.3) is 6.04 Å². The lowest BCUT2D eigenvalue weighted by atomic mass is 9.77. The molecule has 0 saturated heterocycles. The van der Waals surface area contributed by atoms with E-state index in [-0.39, 0.29) is 38.2 Å². The molecule has 0 radical (unpaired) electrons. The molecule has 0 saturated carbocycles. The highest BCUT2D eigenvalue weighted by Gasteiger charge is 2.42. The second-order valence-electron chi connectivity index (χ2n) is 9.90. The van der Waals surface area contributed by atoms with Crippen LogP contribution in [0.5, 0.6) is 34.5 Å². The average molecular weight is 587 g/mol. The molecule has 0 amide bonds. The van der Waals surface area contributed by atoms with Gasteiger partial charge in [0.2, 0.25) is 11.5 Å². The quantitative estimate of drug-likeness (QED) is 0.160. The Hall–Kier alpha value is -4.40. The standard InChI is InChI=1S/C30H38N2O10/c1-7-38-26-16-21(27(39-8-2)29(37-6)28(26)36-5)30(4,18-31)14-13-23(41-19(3)33)22(32(34)35)15-20-17-40-24-11-9-10-12-25(24)42-20/h9-12,16,20,22-23H,7-8,13-15,17H2,1-6H3. The van der Waals surface area contributed by atoms with Gasteiger partial charge in [-0.15, -0.1) is 0 Å². The molecule has 2 aromatic rings. The molecule has 1 aliphatic rings. The van der Waals surface area contributed by atoms with Crippen LogP contribution in [0, 0.1) is 21.4 Å². The Bertz CT molecular complexity index is 1290. The average Bonchev–Trinajstić information content (AvgIpc) is 2.98. The van der Waals surface area contributed by atoms with Crippen molar-refractivity contribution in [2.45, 2.75) is 70.6 Å². The first-order valence-corrected chi connectivity index (χ1v) is 13.8. The van der Waals surface area contributed by atoms with E-state index < -0.39 is 34.6 Å². The molecule has 0 fully saturated rings. The summed E-state index contributed by atoms with van der Waals surface area (Å²) in [6.07, 6.45) is -1.77. The first-order chi connectivity index (χ1) is 20.1. The summed E-state index contributed by atoms with van der Waals surface area (Å²) in [5, 5.41) is 22.7. The number of benzene rings is 2. The number of ether oxygens (including phenoxy) is 7. The summed E-state index contributed by atoms with van der Waals surface area (Å²) in [5.41, 5.74) is -0.799. The highest BCUT2D eigenvalue weighted by Crippen LogP contribution is 2.51. The van der Waals surface area contributed by atoms with E-state index in [1.807, 2.05) is 6.92 Å². The smallest absolute Gasteiger partial charge is 0.303 e. The van der Waals surface area contributed by atoms with Crippen LogP contribution in [0.2, 0.25) is 0 Å². The number of hydrogen-bond acceptors (Lipinski definition) is 11. The van der Waals surface area contributed by atoms with Gasteiger partial charge in [0.1, 0.15) is 12.7 Å². The van der Waals surface area contributed by atoms with Crippen LogP contribution in [0.15, 0.2) is 30.3 Å². The normalized spacial score (nSPS) is 16.6. The minimum Gasteiger partial charge on any atom is -0.490 e. The Labute approximate surface area is 245 Å². The highest BCUT2D eigenvalue weighted by atomic mass is 16.6. The summed E-state index contributed by atoms with van der Waals surface area (Å²) in [4.78, 5) is 23.9. The van der Waals surface area contributed by atoms with Crippen molar-refractivity contribution >= 4 is 5.97 Å². The first-order valence-electron chi connectivity index (χ1n) is 13.8. The van der Waals surface area contributed by atoms with E-state index in [1.165, 1.54) is 21.1 Å². The number of carbonyl (C=O) groups excluding carboxylic acids is 1. The summed E-state index contributed by atoms with van der Waals surface area (Å²) >= 11 is 0. The van der Waals surface area contributed by atoms with Gasteiger partial charge in [-0.3, -0.25) is 14.9 Å². The summed E-state index contributed by atoms with van der Waals surface area (Å²) in [6, 6.07) is 9.74. The predicted molar refractivity (Wildman–Crippen MR) is 151 cm³/mol. The van der Waals surface area contributed by atoms with Gasteiger partial charge in [0.05, 0.1) is 45.3 Å². The molecule has 228 valence electrons. The second kappa shape index (κ2) is 14.5. The van der Waals surface area contributed by atoms with Crippen molar-refractivity contribution in [2.75, 3.05) is 34.0 Å². The Morgan fingerprint density at radius 2 is 1.81 bits per heavy atom. The van der Waals surface area contributed by atoms with Crippen LogP contribution >= 0.6 is 0 Å². The largest absolute Gasteiger partial charge is 0.490 e. The third kappa shape index (κ3) is 7.26. The van der Waals surface area contributed by atoms with Gasteiger partial charge in [0.15, 0.2) is 29.1 Å². The third-order valence-electron chi connectivity index (χ3n) is 7.01. The zero-order valence-corrected chi connectivity index (χ0v) is 24.8. The predicted octanol–water partition coefficient (Wildman–Crippen LogP) is 4.87. The summed E-state index contributed by atoms with van der Waals surface area (Å²) in [7, 11) is 2.93. The number of rotatable bonds is 15. The van der Waals surface area contributed by atoms with E-state index in [1.54, 1.807) is 44.2 Å². The molecule has 0 aliphatic carbocycles. The number of nitriles is 1. The van der Waals surface area contributed by atoms with E-state index in [9.17, 15) is 20.2 Å². The zero-order chi connectivity index (χ0) is 30.9. The fraction of sp³-hybridized carbons (Fsp3) is 0.533. The fourth-order valence-corrected chi connectivity index (χ4v) is 4.99.